The molecule has 1 aromatic heterocycles. The number of hydrogen-bond acceptors (Lipinski definition) is 4. The molecule has 194 valence electrons. The van der Waals surface area contributed by atoms with E-state index in [1.165, 1.54) is 4.31 Å². The number of amides is 1. The van der Waals surface area contributed by atoms with Gasteiger partial charge in [-0.2, -0.15) is 4.31 Å². The third-order valence-corrected chi connectivity index (χ3v) is 10.4. The van der Waals surface area contributed by atoms with Crippen molar-refractivity contribution in [2.45, 2.75) is 32.6 Å². The number of carbonyl (C=O) groups excluding carboxylic acids is 1. The van der Waals surface area contributed by atoms with Crippen LogP contribution in [0.5, 0.6) is 0 Å². The summed E-state index contributed by atoms with van der Waals surface area (Å²) in [4.78, 5) is 15.1. The predicted octanol–water partition coefficient (Wildman–Crippen LogP) is 5.01. The molecular formula is C28H30BrN3O4S. The molecule has 0 radical (unpaired) electrons. The van der Waals surface area contributed by atoms with Crippen molar-refractivity contribution in [1.29, 1.82) is 0 Å². The first kappa shape index (κ1) is 25.9. The number of aromatic nitrogens is 1. The Hall–Kier alpha value is -2.72. The van der Waals surface area contributed by atoms with Crippen molar-refractivity contribution in [1.82, 2.24) is 8.87 Å². The largest absolute Gasteiger partial charge is 0.379 e. The van der Waals surface area contributed by atoms with Gasteiger partial charge in [-0.15, -0.1) is 0 Å². The molecule has 0 saturated carbocycles. The molecule has 7 nitrogen and oxygen atoms in total. The molecule has 0 aliphatic carbocycles. The SMILES string of the molecule is Cc1cc(-n2c(C)cc(/C=C3\C(=O)N(C)c4ccc(S(=O)(=O)N5CCOCC5)cc43)c2C)cc(C)c1Br. The number of fused-ring (bicyclic) bond motifs is 1. The average molecular weight is 585 g/mol. The molecule has 3 heterocycles. The van der Waals surface area contributed by atoms with Crippen LogP contribution in [0.15, 0.2) is 45.8 Å². The molecule has 2 aliphatic rings. The van der Waals surface area contributed by atoms with E-state index in [1.54, 1.807) is 30.1 Å². The van der Waals surface area contributed by atoms with Gasteiger partial charge in [0.15, 0.2) is 0 Å². The number of anilines is 1. The lowest BCUT2D eigenvalue weighted by molar-refractivity contribution is -0.112. The molecule has 2 aliphatic heterocycles. The van der Waals surface area contributed by atoms with Crippen LogP contribution >= 0.6 is 15.9 Å². The number of nitrogens with zero attached hydrogens (tertiary/aromatic N) is 3. The summed E-state index contributed by atoms with van der Waals surface area (Å²) in [5.41, 5.74) is 8.15. The number of morpholine rings is 1. The third-order valence-electron chi connectivity index (χ3n) is 7.21. The summed E-state index contributed by atoms with van der Waals surface area (Å²) in [6, 6.07) is 11.3. The van der Waals surface area contributed by atoms with Gasteiger partial charge in [-0.3, -0.25) is 4.79 Å². The molecular weight excluding hydrogens is 554 g/mol. The maximum absolute atomic E-state index is 13.3. The van der Waals surface area contributed by atoms with Crippen molar-refractivity contribution >= 4 is 49.2 Å². The fourth-order valence-corrected chi connectivity index (χ4v) is 6.87. The van der Waals surface area contributed by atoms with E-state index in [4.69, 9.17) is 4.74 Å². The highest BCUT2D eigenvalue weighted by molar-refractivity contribution is 9.10. The Balaban J connectivity index is 1.59. The highest BCUT2D eigenvalue weighted by Crippen LogP contribution is 2.39. The van der Waals surface area contributed by atoms with E-state index >= 15 is 0 Å². The monoisotopic (exact) mass is 583 g/mol. The van der Waals surface area contributed by atoms with Crippen molar-refractivity contribution in [3.05, 3.63) is 74.5 Å². The van der Waals surface area contributed by atoms with Gasteiger partial charge in [0.1, 0.15) is 0 Å². The zero-order valence-electron chi connectivity index (χ0n) is 21.6. The van der Waals surface area contributed by atoms with Crippen molar-refractivity contribution in [3.63, 3.8) is 0 Å². The van der Waals surface area contributed by atoms with Crippen molar-refractivity contribution in [3.8, 4) is 5.69 Å². The summed E-state index contributed by atoms with van der Waals surface area (Å²) in [5.74, 6) is -0.156. The van der Waals surface area contributed by atoms with Crippen LogP contribution in [0.4, 0.5) is 5.69 Å². The Morgan fingerprint density at radius 2 is 1.62 bits per heavy atom. The summed E-state index contributed by atoms with van der Waals surface area (Å²) in [6.07, 6.45) is 1.88. The standard InChI is InChI=1S/C28H30BrN3O4S/c1-17-12-22(13-18(2)27(17)29)32-19(3)14-21(20(32)4)15-25-24-16-23(6-7-26(24)30(5)28(25)33)37(34,35)31-8-10-36-11-9-31/h6-7,12-16H,8-11H2,1-5H3/b25-15-. The summed E-state index contributed by atoms with van der Waals surface area (Å²) in [7, 11) is -1.97. The second-order valence-corrected chi connectivity index (χ2v) is 12.4. The first-order valence-electron chi connectivity index (χ1n) is 12.2. The van der Waals surface area contributed by atoms with Gasteiger partial charge >= 0.3 is 0 Å². The number of benzene rings is 2. The smallest absolute Gasteiger partial charge is 0.258 e. The minimum Gasteiger partial charge on any atom is -0.379 e. The second kappa shape index (κ2) is 9.54. The average Bonchev–Trinajstić information content (AvgIpc) is 3.29. The molecule has 1 saturated heterocycles. The molecule has 2 aromatic carbocycles. The lowest BCUT2D eigenvalue weighted by Gasteiger charge is -2.26. The molecule has 9 heteroatoms. The van der Waals surface area contributed by atoms with Crippen LogP contribution < -0.4 is 4.90 Å². The van der Waals surface area contributed by atoms with E-state index < -0.39 is 10.0 Å². The Labute approximate surface area is 226 Å². The highest BCUT2D eigenvalue weighted by Gasteiger charge is 2.33. The van der Waals surface area contributed by atoms with Gasteiger partial charge in [-0.1, -0.05) is 15.9 Å². The van der Waals surface area contributed by atoms with E-state index in [2.05, 4.69) is 52.5 Å². The number of carbonyl (C=O) groups is 1. The van der Waals surface area contributed by atoms with Crippen LogP contribution in [-0.2, 0) is 19.6 Å². The van der Waals surface area contributed by atoms with Crippen LogP contribution in [0.3, 0.4) is 0 Å². The second-order valence-electron chi connectivity index (χ2n) is 9.67. The van der Waals surface area contributed by atoms with Crippen LogP contribution in [0.2, 0.25) is 0 Å². The maximum Gasteiger partial charge on any atom is 0.258 e. The zero-order chi connectivity index (χ0) is 26.6. The van der Waals surface area contributed by atoms with Crippen molar-refractivity contribution in [2.24, 2.45) is 0 Å². The topological polar surface area (TPSA) is 71.9 Å². The molecule has 0 bridgehead atoms. The zero-order valence-corrected chi connectivity index (χ0v) is 24.0. The van der Waals surface area contributed by atoms with Crippen molar-refractivity contribution in [2.75, 3.05) is 38.3 Å². The Kier molecular flexibility index (Phi) is 6.68. The number of ether oxygens (including phenoxy) is 1. The number of rotatable bonds is 4. The number of likely N-dealkylation sites (N-methyl/N-ethyl adjacent to an activating group) is 1. The van der Waals surface area contributed by atoms with Crippen LogP contribution in [0.25, 0.3) is 17.3 Å². The van der Waals surface area contributed by atoms with E-state index in [0.717, 1.165) is 38.2 Å². The fraction of sp³-hybridized carbons (Fsp3) is 0.321. The number of halogens is 1. The normalized spacial score (nSPS) is 17.6. The minimum absolute atomic E-state index is 0.156. The molecule has 0 N–H and O–H groups in total. The molecule has 3 aromatic rings. The molecule has 1 amide bonds. The molecule has 37 heavy (non-hydrogen) atoms. The summed E-state index contributed by atoms with van der Waals surface area (Å²) >= 11 is 3.65. The Morgan fingerprint density at radius 1 is 0.973 bits per heavy atom. The summed E-state index contributed by atoms with van der Waals surface area (Å²) in [5, 5.41) is 0. The first-order valence-corrected chi connectivity index (χ1v) is 14.4. The first-order chi connectivity index (χ1) is 17.5. The van der Waals surface area contributed by atoms with Gasteiger partial charge in [-0.25, -0.2) is 8.42 Å². The van der Waals surface area contributed by atoms with Crippen LogP contribution in [0.1, 0.15) is 33.6 Å². The summed E-state index contributed by atoms with van der Waals surface area (Å²) in [6.45, 7) is 9.63. The Bertz CT molecular complexity index is 1540. The highest BCUT2D eigenvalue weighted by atomic mass is 79.9. The lowest BCUT2D eigenvalue weighted by Crippen LogP contribution is -2.40. The van der Waals surface area contributed by atoms with E-state index in [1.807, 2.05) is 19.9 Å². The van der Waals surface area contributed by atoms with Gasteiger partial charge < -0.3 is 14.2 Å². The number of sulfonamides is 1. The predicted molar refractivity (Wildman–Crippen MR) is 150 cm³/mol. The molecule has 0 atom stereocenters. The molecule has 0 spiro atoms. The van der Waals surface area contributed by atoms with Gasteiger partial charge in [0.2, 0.25) is 10.0 Å². The fourth-order valence-electron chi connectivity index (χ4n) is 5.20. The van der Waals surface area contributed by atoms with E-state index in [9.17, 15) is 13.2 Å². The van der Waals surface area contributed by atoms with Gasteiger partial charge in [0, 0.05) is 52.8 Å². The van der Waals surface area contributed by atoms with E-state index in [0.29, 0.717) is 43.1 Å². The van der Waals surface area contributed by atoms with Crippen LogP contribution in [0, 0.1) is 27.7 Å². The van der Waals surface area contributed by atoms with Crippen molar-refractivity contribution < 1.29 is 17.9 Å². The third kappa shape index (κ3) is 4.37. The van der Waals surface area contributed by atoms with Gasteiger partial charge in [0.25, 0.3) is 5.91 Å². The minimum atomic E-state index is -3.69. The van der Waals surface area contributed by atoms with E-state index in [-0.39, 0.29) is 10.8 Å². The molecule has 1 fully saturated rings. The number of hydrogen-bond donors (Lipinski definition) is 0. The lowest BCUT2D eigenvalue weighted by atomic mass is 10.0. The Morgan fingerprint density at radius 3 is 2.27 bits per heavy atom. The number of aryl methyl sites for hydroxylation is 3. The van der Waals surface area contributed by atoms with Gasteiger partial charge in [-0.05, 0) is 86.9 Å². The quantitative estimate of drug-likeness (QED) is 0.405. The molecule has 0 unspecified atom stereocenters. The maximum atomic E-state index is 13.3. The van der Waals surface area contributed by atoms with Crippen LogP contribution in [-0.4, -0.2) is 56.5 Å². The molecule has 5 rings (SSSR count). The summed E-state index contributed by atoms with van der Waals surface area (Å²) < 4.78 is 36.6. The van der Waals surface area contributed by atoms with Gasteiger partial charge in [0.05, 0.1) is 23.8 Å².